The Hall–Kier alpha value is -0.700. The lowest BCUT2D eigenvalue weighted by Crippen LogP contribution is -2.38. The normalized spacial score (nSPS) is 23.1. The van der Waals surface area contributed by atoms with Crippen molar-refractivity contribution in [1.82, 2.24) is 4.72 Å². The minimum atomic E-state index is -3.99. The van der Waals surface area contributed by atoms with Crippen LogP contribution in [-0.4, -0.2) is 26.2 Å². The summed E-state index contributed by atoms with van der Waals surface area (Å²) >= 11 is 3.04. The molecule has 4 N–H and O–H groups in total. The number of sulfonamides is 1. The summed E-state index contributed by atoms with van der Waals surface area (Å²) in [5.74, 6) is -0.988. The summed E-state index contributed by atoms with van der Waals surface area (Å²) in [6, 6.07) is 1.75. The zero-order valence-electron chi connectivity index (χ0n) is 10.6. The molecule has 0 bridgehead atoms. The van der Waals surface area contributed by atoms with Crippen molar-refractivity contribution in [2.45, 2.75) is 30.2 Å². The number of anilines is 1. The van der Waals surface area contributed by atoms with Gasteiger partial charge in [0.25, 0.3) is 0 Å². The Morgan fingerprint density at radius 3 is 2.80 bits per heavy atom. The van der Waals surface area contributed by atoms with Gasteiger partial charge in [-0.05, 0) is 46.8 Å². The third kappa shape index (κ3) is 3.13. The Bertz CT molecular complexity index is 609. The van der Waals surface area contributed by atoms with Crippen molar-refractivity contribution in [3.63, 3.8) is 0 Å². The van der Waals surface area contributed by atoms with Gasteiger partial charge in [-0.25, -0.2) is 17.5 Å². The molecule has 2 atom stereocenters. The Morgan fingerprint density at radius 2 is 2.15 bits per heavy atom. The average Bonchev–Trinajstić information content (AvgIpc) is 2.80. The smallest absolute Gasteiger partial charge is 0.243 e. The van der Waals surface area contributed by atoms with Crippen LogP contribution in [0.4, 0.5) is 10.1 Å². The molecule has 1 aromatic carbocycles. The molecule has 0 amide bonds. The molecule has 0 aromatic heterocycles. The van der Waals surface area contributed by atoms with Crippen LogP contribution < -0.4 is 10.5 Å². The van der Waals surface area contributed by atoms with E-state index < -0.39 is 20.7 Å². The van der Waals surface area contributed by atoms with Crippen molar-refractivity contribution in [3.05, 3.63) is 22.4 Å². The summed E-state index contributed by atoms with van der Waals surface area (Å²) in [6.07, 6.45) is 2.23. The fraction of sp³-hybridized carbons (Fsp3) is 0.500. The van der Waals surface area contributed by atoms with Crippen molar-refractivity contribution in [3.8, 4) is 0 Å². The SMILES string of the molecule is Nc1cc(S(=O)(=O)NC2CCCC2CO)c(F)cc1Br. The fourth-order valence-corrected chi connectivity index (χ4v) is 4.17. The van der Waals surface area contributed by atoms with Crippen LogP contribution in [0.3, 0.4) is 0 Å². The summed E-state index contributed by atoms with van der Waals surface area (Å²) in [4.78, 5) is -0.471. The number of halogens is 2. The fourth-order valence-electron chi connectivity index (χ4n) is 2.42. The van der Waals surface area contributed by atoms with E-state index in [1.54, 1.807) is 0 Å². The first kappa shape index (κ1) is 15.7. The molecule has 1 aromatic rings. The number of nitrogens with one attached hydrogen (secondary N) is 1. The Kier molecular flexibility index (Phi) is 4.68. The largest absolute Gasteiger partial charge is 0.398 e. The van der Waals surface area contributed by atoms with Gasteiger partial charge in [-0.1, -0.05) is 6.42 Å². The number of nitrogens with two attached hydrogens (primary N) is 1. The highest BCUT2D eigenvalue weighted by Gasteiger charge is 2.32. The number of benzene rings is 1. The molecule has 1 saturated carbocycles. The molecule has 8 heteroatoms. The molecule has 1 aliphatic carbocycles. The van der Waals surface area contributed by atoms with E-state index >= 15 is 0 Å². The lowest BCUT2D eigenvalue weighted by Gasteiger charge is -2.19. The number of hydrogen-bond acceptors (Lipinski definition) is 4. The van der Waals surface area contributed by atoms with Crippen LogP contribution >= 0.6 is 15.9 Å². The van der Waals surface area contributed by atoms with Gasteiger partial charge in [0.05, 0.1) is 0 Å². The summed E-state index contributed by atoms with van der Waals surface area (Å²) in [5.41, 5.74) is 5.75. The second kappa shape index (κ2) is 5.97. The standard InChI is InChI=1S/C12H16BrFN2O3S/c13-8-4-9(14)12(5-10(8)15)20(18,19)16-11-3-1-2-7(11)6-17/h4-5,7,11,16-17H,1-3,6,15H2. The van der Waals surface area contributed by atoms with Crippen LogP contribution in [-0.2, 0) is 10.0 Å². The molecule has 0 aliphatic heterocycles. The zero-order chi connectivity index (χ0) is 14.9. The van der Waals surface area contributed by atoms with E-state index in [9.17, 15) is 17.9 Å². The number of aliphatic hydroxyl groups is 1. The van der Waals surface area contributed by atoms with Gasteiger partial charge in [0.2, 0.25) is 10.0 Å². The third-order valence-electron chi connectivity index (χ3n) is 3.54. The maximum absolute atomic E-state index is 13.8. The molecule has 0 heterocycles. The number of aliphatic hydroxyl groups excluding tert-OH is 1. The molecule has 0 saturated heterocycles. The predicted octanol–water partition coefficient (Wildman–Crippen LogP) is 1.61. The van der Waals surface area contributed by atoms with Crippen LogP contribution in [0.15, 0.2) is 21.5 Å². The molecule has 2 rings (SSSR count). The maximum atomic E-state index is 13.8. The number of nitrogen functional groups attached to an aromatic ring is 1. The topological polar surface area (TPSA) is 92.4 Å². The second-order valence-corrected chi connectivity index (χ2v) is 7.44. The van der Waals surface area contributed by atoms with Crippen molar-refractivity contribution in [2.75, 3.05) is 12.3 Å². The van der Waals surface area contributed by atoms with E-state index in [2.05, 4.69) is 20.7 Å². The molecule has 112 valence electrons. The summed E-state index contributed by atoms with van der Waals surface area (Å²) < 4.78 is 41.1. The Balaban J connectivity index is 2.29. The van der Waals surface area contributed by atoms with E-state index in [1.807, 2.05) is 0 Å². The zero-order valence-corrected chi connectivity index (χ0v) is 13.0. The van der Waals surface area contributed by atoms with E-state index in [-0.39, 0.29) is 24.3 Å². The average molecular weight is 367 g/mol. The van der Waals surface area contributed by atoms with Crippen molar-refractivity contribution < 1.29 is 17.9 Å². The first-order valence-corrected chi connectivity index (χ1v) is 8.50. The Labute approximate surface area is 125 Å². The number of rotatable bonds is 4. The van der Waals surface area contributed by atoms with Crippen molar-refractivity contribution >= 4 is 31.6 Å². The van der Waals surface area contributed by atoms with Crippen LogP contribution in [0, 0.1) is 11.7 Å². The van der Waals surface area contributed by atoms with Crippen molar-refractivity contribution in [1.29, 1.82) is 0 Å². The molecule has 2 unspecified atom stereocenters. The first-order chi connectivity index (χ1) is 9.35. The van der Waals surface area contributed by atoms with Crippen LogP contribution in [0.25, 0.3) is 0 Å². The molecule has 0 radical (unpaired) electrons. The van der Waals surface area contributed by atoms with Crippen molar-refractivity contribution in [2.24, 2.45) is 5.92 Å². The van der Waals surface area contributed by atoms with Gasteiger partial charge in [0.1, 0.15) is 10.7 Å². The molecular formula is C12H16BrFN2O3S. The van der Waals surface area contributed by atoms with E-state index in [0.29, 0.717) is 10.9 Å². The molecule has 5 nitrogen and oxygen atoms in total. The van der Waals surface area contributed by atoms with Gasteiger partial charge in [0.15, 0.2) is 0 Å². The predicted molar refractivity (Wildman–Crippen MR) is 77.0 cm³/mol. The molecule has 1 aliphatic rings. The lowest BCUT2D eigenvalue weighted by atomic mass is 10.1. The summed E-state index contributed by atoms with van der Waals surface area (Å²) in [5, 5.41) is 9.20. The van der Waals surface area contributed by atoms with Crippen LogP contribution in [0.1, 0.15) is 19.3 Å². The van der Waals surface area contributed by atoms with Gasteiger partial charge in [-0.15, -0.1) is 0 Å². The monoisotopic (exact) mass is 366 g/mol. The second-order valence-electron chi connectivity index (χ2n) is 4.91. The molecular weight excluding hydrogens is 351 g/mol. The van der Waals surface area contributed by atoms with Gasteiger partial charge in [-0.3, -0.25) is 0 Å². The van der Waals surface area contributed by atoms with Crippen LogP contribution in [0.2, 0.25) is 0 Å². The minimum Gasteiger partial charge on any atom is -0.398 e. The highest BCUT2D eigenvalue weighted by Crippen LogP contribution is 2.29. The number of hydrogen-bond donors (Lipinski definition) is 3. The van der Waals surface area contributed by atoms with E-state index in [0.717, 1.165) is 25.0 Å². The Morgan fingerprint density at radius 1 is 1.45 bits per heavy atom. The molecule has 20 heavy (non-hydrogen) atoms. The molecule has 0 spiro atoms. The minimum absolute atomic E-state index is 0.0852. The maximum Gasteiger partial charge on any atom is 0.243 e. The van der Waals surface area contributed by atoms with E-state index in [4.69, 9.17) is 5.73 Å². The van der Waals surface area contributed by atoms with Gasteiger partial charge < -0.3 is 10.8 Å². The van der Waals surface area contributed by atoms with E-state index in [1.165, 1.54) is 0 Å². The van der Waals surface area contributed by atoms with Crippen LogP contribution in [0.5, 0.6) is 0 Å². The summed E-state index contributed by atoms with van der Waals surface area (Å²) in [6.45, 7) is -0.0852. The quantitative estimate of drug-likeness (QED) is 0.705. The highest BCUT2D eigenvalue weighted by atomic mass is 79.9. The lowest BCUT2D eigenvalue weighted by molar-refractivity contribution is 0.213. The molecule has 1 fully saturated rings. The van der Waals surface area contributed by atoms with Gasteiger partial charge in [0, 0.05) is 22.8 Å². The highest BCUT2D eigenvalue weighted by molar-refractivity contribution is 9.10. The third-order valence-corrected chi connectivity index (χ3v) is 5.73. The van der Waals surface area contributed by atoms with Gasteiger partial charge >= 0.3 is 0 Å². The first-order valence-electron chi connectivity index (χ1n) is 6.23. The summed E-state index contributed by atoms with van der Waals surface area (Å²) in [7, 11) is -3.99. The van der Waals surface area contributed by atoms with Gasteiger partial charge in [-0.2, -0.15) is 0 Å².